The first-order chi connectivity index (χ1) is 6.83. The Balaban J connectivity index is 2.01. The number of allylic oxidation sites excluding steroid dienone is 1. The highest BCUT2D eigenvalue weighted by Gasteiger charge is 2.09. The van der Waals surface area contributed by atoms with Gasteiger partial charge in [-0.15, -0.1) is 0 Å². The van der Waals surface area contributed by atoms with Crippen molar-refractivity contribution < 1.29 is 4.74 Å². The molecule has 0 saturated heterocycles. The number of unbranched alkanes of at least 4 members (excludes halogenated alkanes) is 2. The molecular weight excluding hydrogens is 174 g/mol. The van der Waals surface area contributed by atoms with Crippen LogP contribution in [0.4, 0.5) is 0 Å². The van der Waals surface area contributed by atoms with Gasteiger partial charge in [0, 0.05) is 0 Å². The topological polar surface area (TPSA) is 21.3 Å². The first-order valence-electron chi connectivity index (χ1n) is 5.85. The van der Waals surface area contributed by atoms with E-state index in [0.717, 1.165) is 25.5 Å². The van der Waals surface area contributed by atoms with Crippen molar-refractivity contribution in [2.45, 2.75) is 39.5 Å². The van der Waals surface area contributed by atoms with E-state index < -0.39 is 0 Å². The van der Waals surface area contributed by atoms with Gasteiger partial charge in [-0.25, -0.2) is 0 Å². The molecule has 1 atom stereocenters. The minimum atomic E-state index is 0.693. The summed E-state index contributed by atoms with van der Waals surface area (Å²) < 4.78 is 5.60. The molecule has 1 aliphatic heterocycles. The summed E-state index contributed by atoms with van der Waals surface area (Å²) in [6.07, 6.45) is 7.29. The van der Waals surface area contributed by atoms with Crippen LogP contribution in [0.25, 0.3) is 0 Å². The van der Waals surface area contributed by atoms with E-state index in [2.05, 4.69) is 25.2 Å². The molecule has 14 heavy (non-hydrogen) atoms. The lowest BCUT2D eigenvalue weighted by Gasteiger charge is -2.20. The molecule has 1 N–H and O–H groups in total. The lowest BCUT2D eigenvalue weighted by atomic mass is 10.1. The molecule has 1 heterocycles. The molecule has 2 nitrogen and oxygen atoms in total. The molecule has 0 aromatic carbocycles. The highest BCUT2D eigenvalue weighted by atomic mass is 16.5. The van der Waals surface area contributed by atoms with Crippen LogP contribution >= 0.6 is 0 Å². The Hall–Kier alpha value is -0.500. The van der Waals surface area contributed by atoms with E-state index in [-0.39, 0.29) is 0 Å². The van der Waals surface area contributed by atoms with Gasteiger partial charge in [0.1, 0.15) is 5.76 Å². The average molecular weight is 197 g/mol. The highest BCUT2D eigenvalue weighted by Crippen LogP contribution is 2.14. The first kappa shape index (κ1) is 11.6. The summed E-state index contributed by atoms with van der Waals surface area (Å²) in [5.74, 6) is 1.83. The SMILES string of the molecule is CCCCCNCC1=CCC(C)CO1. The van der Waals surface area contributed by atoms with E-state index in [1.807, 2.05) is 0 Å². The molecule has 0 aliphatic carbocycles. The van der Waals surface area contributed by atoms with Crippen molar-refractivity contribution in [3.63, 3.8) is 0 Å². The molecular formula is C12H23NO. The quantitative estimate of drug-likeness (QED) is 0.661. The lowest BCUT2D eigenvalue weighted by Crippen LogP contribution is -2.22. The summed E-state index contributed by atoms with van der Waals surface area (Å²) in [7, 11) is 0. The summed E-state index contributed by atoms with van der Waals surface area (Å²) in [5, 5.41) is 3.41. The fraction of sp³-hybridized carbons (Fsp3) is 0.833. The number of hydrogen-bond acceptors (Lipinski definition) is 2. The average Bonchev–Trinajstić information content (AvgIpc) is 2.21. The summed E-state index contributed by atoms with van der Waals surface area (Å²) >= 11 is 0. The maximum absolute atomic E-state index is 5.60. The third kappa shape index (κ3) is 4.66. The van der Waals surface area contributed by atoms with E-state index in [9.17, 15) is 0 Å². The van der Waals surface area contributed by atoms with Gasteiger partial charge in [0.15, 0.2) is 0 Å². The van der Waals surface area contributed by atoms with Gasteiger partial charge in [-0.3, -0.25) is 0 Å². The van der Waals surface area contributed by atoms with Crippen molar-refractivity contribution in [1.29, 1.82) is 0 Å². The van der Waals surface area contributed by atoms with Crippen molar-refractivity contribution in [1.82, 2.24) is 5.32 Å². The zero-order valence-electron chi connectivity index (χ0n) is 9.51. The van der Waals surface area contributed by atoms with Gasteiger partial charge in [0.05, 0.1) is 13.2 Å². The fourth-order valence-electron chi connectivity index (χ4n) is 1.54. The Morgan fingerprint density at radius 3 is 3.00 bits per heavy atom. The molecule has 1 aliphatic rings. The fourth-order valence-corrected chi connectivity index (χ4v) is 1.54. The van der Waals surface area contributed by atoms with Crippen molar-refractivity contribution >= 4 is 0 Å². The molecule has 0 amide bonds. The van der Waals surface area contributed by atoms with Crippen molar-refractivity contribution in [3.05, 3.63) is 11.8 Å². The van der Waals surface area contributed by atoms with Gasteiger partial charge in [0.2, 0.25) is 0 Å². The van der Waals surface area contributed by atoms with E-state index in [0.29, 0.717) is 5.92 Å². The van der Waals surface area contributed by atoms with Crippen LogP contribution in [0.5, 0.6) is 0 Å². The van der Waals surface area contributed by atoms with Crippen LogP contribution in [0, 0.1) is 5.92 Å². The largest absolute Gasteiger partial charge is 0.497 e. The van der Waals surface area contributed by atoms with Crippen LogP contribution in [0.15, 0.2) is 11.8 Å². The Morgan fingerprint density at radius 2 is 2.36 bits per heavy atom. The molecule has 1 rings (SSSR count). The molecule has 0 fully saturated rings. The molecule has 0 aromatic rings. The van der Waals surface area contributed by atoms with Crippen LogP contribution in [-0.4, -0.2) is 19.7 Å². The molecule has 0 saturated carbocycles. The van der Waals surface area contributed by atoms with Gasteiger partial charge >= 0.3 is 0 Å². The predicted octanol–water partition coefficient (Wildman–Crippen LogP) is 2.71. The van der Waals surface area contributed by atoms with Crippen molar-refractivity contribution in [2.24, 2.45) is 5.92 Å². The summed E-state index contributed by atoms with van der Waals surface area (Å²) in [4.78, 5) is 0. The Labute approximate surface area is 87.7 Å². The third-order valence-corrected chi connectivity index (χ3v) is 2.56. The van der Waals surface area contributed by atoms with Gasteiger partial charge in [0.25, 0.3) is 0 Å². The second-order valence-corrected chi connectivity index (χ2v) is 4.21. The normalized spacial score (nSPS) is 21.6. The lowest BCUT2D eigenvalue weighted by molar-refractivity contribution is 0.149. The van der Waals surface area contributed by atoms with Gasteiger partial charge < -0.3 is 10.1 Å². The maximum Gasteiger partial charge on any atom is 0.106 e. The second kappa shape index (κ2) is 6.88. The van der Waals surface area contributed by atoms with Crippen LogP contribution in [0.3, 0.4) is 0 Å². The summed E-state index contributed by atoms with van der Waals surface area (Å²) in [6.45, 7) is 7.37. The van der Waals surface area contributed by atoms with Crippen molar-refractivity contribution in [2.75, 3.05) is 19.7 Å². The molecule has 0 aromatic heterocycles. The minimum Gasteiger partial charge on any atom is -0.497 e. The highest BCUT2D eigenvalue weighted by molar-refractivity contribution is 4.99. The third-order valence-electron chi connectivity index (χ3n) is 2.56. The van der Waals surface area contributed by atoms with Gasteiger partial charge in [-0.05, 0) is 31.4 Å². The zero-order valence-corrected chi connectivity index (χ0v) is 9.51. The molecule has 0 spiro atoms. The zero-order chi connectivity index (χ0) is 10.2. The smallest absolute Gasteiger partial charge is 0.106 e. The number of nitrogens with one attached hydrogen (secondary N) is 1. The number of hydrogen-bond donors (Lipinski definition) is 1. The van der Waals surface area contributed by atoms with E-state index >= 15 is 0 Å². The molecule has 0 radical (unpaired) electrons. The Morgan fingerprint density at radius 1 is 1.50 bits per heavy atom. The van der Waals surface area contributed by atoms with Crippen molar-refractivity contribution in [3.8, 4) is 0 Å². The standard InChI is InChI=1S/C12H23NO/c1-3-4-5-8-13-9-12-7-6-11(2)10-14-12/h7,11,13H,3-6,8-10H2,1-2H3. The number of rotatable bonds is 6. The summed E-state index contributed by atoms with van der Waals surface area (Å²) in [6, 6.07) is 0. The molecule has 1 unspecified atom stereocenters. The monoisotopic (exact) mass is 197 g/mol. The Bertz CT molecular complexity index is 177. The predicted molar refractivity (Wildman–Crippen MR) is 60.2 cm³/mol. The van der Waals surface area contributed by atoms with Gasteiger partial charge in [-0.2, -0.15) is 0 Å². The van der Waals surface area contributed by atoms with Crippen LogP contribution in [0.1, 0.15) is 39.5 Å². The first-order valence-corrected chi connectivity index (χ1v) is 5.85. The number of ether oxygens (including phenoxy) is 1. The molecule has 0 bridgehead atoms. The molecule has 82 valence electrons. The van der Waals surface area contributed by atoms with E-state index in [1.165, 1.54) is 25.7 Å². The minimum absolute atomic E-state index is 0.693. The van der Waals surface area contributed by atoms with Gasteiger partial charge in [-0.1, -0.05) is 26.7 Å². The maximum atomic E-state index is 5.60. The second-order valence-electron chi connectivity index (χ2n) is 4.21. The van der Waals surface area contributed by atoms with E-state index in [4.69, 9.17) is 4.74 Å². The van der Waals surface area contributed by atoms with Crippen LogP contribution < -0.4 is 5.32 Å². The summed E-state index contributed by atoms with van der Waals surface area (Å²) in [5.41, 5.74) is 0. The Kier molecular flexibility index (Phi) is 5.69. The van der Waals surface area contributed by atoms with Crippen LogP contribution in [0.2, 0.25) is 0 Å². The van der Waals surface area contributed by atoms with Crippen LogP contribution in [-0.2, 0) is 4.74 Å². The molecule has 2 heteroatoms. The van der Waals surface area contributed by atoms with E-state index in [1.54, 1.807) is 0 Å².